The van der Waals surface area contributed by atoms with Crippen LogP contribution in [0.2, 0.25) is 0 Å². The Morgan fingerprint density at radius 2 is 2.07 bits per heavy atom. The molecule has 0 spiro atoms. The highest BCUT2D eigenvalue weighted by atomic mass is 79.9. The van der Waals surface area contributed by atoms with Gasteiger partial charge in [-0.15, -0.1) is 0 Å². The average molecular weight is 257 g/mol. The standard InChI is InChI=1S/C11H17BrN2/c1-8-13-10(11(12)14(8)2)7-9-5-3-4-6-9/h9H,3-7H2,1-2H3. The highest BCUT2D eigenvalue weighted by Gasteiger charge is 2.19. The second kappa shape index (κ2) is 4.05. The van der Waals surface area contributed by atoms with E-state index in [2.05, 4.69) is 39.5 Å². The lowest BCUT2D eigenvalue weighted by Crippen LogP contribution is -2.00. The van der Waals surface area contributed by atoms with Crippen LogP contribution in [0.4, 0.5) is 0 Å². The van der Waals surface area contributed by atoms with Crippen LogP contribution >= 0.6 is 15.9 Å². The maximum Gasteiger partial charge on any atom is 0.108 e. The summed E-state index contributed by atoms with van der Waals surface area (Å²) in [5, 5.41) is 0. The molecule has 1 fully saturated rings. The molecule has 0 unspecified atom stereocenters. The number of aryl methyl sites for hydroxylation is 1. The van der Waals surface area contributed by atoms with Crippen LogP contribution in [-0.4, -0.2) is 9.55 Å². The van der Waals surface area contributed by atoms with E-state index in [1.54, 1.807) is 0 Å². The zero-order chi connectivity index (χ0) is 10.1. The number of aromatic nitrogens is 2. The van der Waals surface area contributed by atoms with Gasteiger partial charge in [0.05, 0.1) is 5.69 Å². The molecule has 1 aromatic rings. The number of halogens is 1. The first-order chi connectivity index (χ1) is 6.68. The topological polar surface area (TPSA) is 17.8 Å². The number of imidazole rings is 1. The third-order valence-electron chi connectivity index (χ3n) is 3.27. The molecular formula is C11H17BrN2. The molecule has 0 atom stereocenters. The molecular weight excluding hydrogens is 240 g/mol. The molecule has 1 heterocycles. The van der Waals surface area contributed by atoms with E-state index < -0.39 is 0 Å². The number of rotatable bonds is 2. The fourth-order valence-corrected chi connectivity index (χ4v) is 2.78. The SMILES string of the molecule is Cc1nc(CC2CCCC2)c(Br)n1C. The van der Waals surface area contributed by atoms with Crippen molar-refractivity contribution in [1.82, 2.24) is 9.55 Å². The van der Waals surface area contributed by atoms with Crippen molar-refractivity contribution in [3.8, 4) is 0 Å². The van der Waals surface area contributed by atoms with Crippen LogP contribution in [-0.2, 0) is 13.5 Å². The molecule has 2 rings (SSSR count). The summed E-state index contributed by atoms with van der Waals surface area (Å²) in [5.41, 5.74) is 1.25. The van der Waals surface area contributed by atoms with Crippen molar-refractivity contribution in [2.24, 2.45) is 13.0 Å². The van der Waals surface area contributed by atoms with Crippen LogP contribution < -0.4 is 0 Å². The van der Waals surface area contributed by atoms with E-state index in [9.17, 15) is 0 Å². The molecule has 1 aliphatic carbocycles. The second-order valence-electron chi connectivity index (χ2n) is 4.31. The maximum absolute atomic E-state index is 4.59. The Bertz CT molecular complexity index is 324. The van der Waals surface area contributed by atoms with E-state index in [4.69, 9.17) is 0 Å². The van der Waals surface area contributed by atoms with Gasteiger partial charge in [0.15, 0.2) is 0 Å². The molecule has 1 aliphatic rings. The first-order valence-corrected chi connectivity index (χ1v) is 6.15. The van der Waals surface area contributed by atoms with E-state index in [0.717, 1.165) is 18.2 Å². The summed E-state index contributed by atoms with van der Waals surface area (Å²) < 4.78 is 3.28. The van der Waals surface area contributed by atoms with E-state index in [1.165, 1.54) is 36.0 Å². The Morgan fingerprint density at radius 3 is 2.57 bits per heavy atom. The van der Waals surface area contributed by atoms with Gasteiger partial charge in [-0.3, -0.25) is 0 Å². The normalized spacial score (nSPS) is 17.9. The lowest BCUT2D eigenvalue weighted by molar-refractivity contribution is 0.538. The van der Waals surface area contributed by atoms with E-state index in [0.29, 0.717) is 0 Å². The van der Waals surface area contributed by atoms with Gasteiger partial charge in [-0.1, -0.05) is 25.7 Å². The minimum Gasteiger partial charge on any atom is -0.326 e. The molecule has 78 valence electrons. The molecule has 0 amide bonds. The minimum atomic E-state index is 0.876. The third kappa shape index (κ3) is 1.88. The van der Waals surface area contributed by atoms with Crippen molar-refractivity contribution in [2.75, 3.05) is 0 Å². The summed E-state index contributed by atoms with van der Waals surface area (Å²) in [7, 11) is 2.06. The van der Waals surface area contributed by atoms with Crippen LogP contribution in [0.25, 0.3) is 0 Å². The molecule has 0 aromatic carbocycles. The van der Waals surface area contributed by atoms with E-state index >= 15 is 0 Å². The van der Waals surface area contributed by atoms with Crippen LogP contribution in [0.15, 0.2) is 4.60 Å². The molecule has 0 bridgehead atoms. The Morgan fingerprint density at radius 1 is 1.43 bits per heavy atom. The fraction of sp³-hybridized carbons (Fsp3) is 0.727. The summed E-state index contributed by atoms with van der Waals surface area (Å²) in [4.78, 5) is 4.59. The van der Waals surface area contributed by atoms with Gasteiger partial charge in [0.1, 0.15) is 10.4 Å². The van der Waals surface area contributed by atoms with Crippen molar-refractivity contribution in [2.45, 2.75) is 39.0 Å². The van der Waals surface area contributed by atoms with Gasteiger partial charge in [0, 0.05) is 7.05 Å². The van der Waals surface area contributed by atoms with Crippen LogP contribution in [0, 0.1) is 12.8 Å². The average Bonchev–Trinajstić information content (AvgIpc) is 2.73. The maximum atomic E-state index is 4.59. The van der Waals surface area contributed by atoms with E-state index in [1.807, 2.05) is 0 Å². The van der Waals surface area contributed by atoms with Crippen molar-refractivity contribution >= 4 is 15.9 Å². The zero-order valence-electron chi connectivity index (χ0n) is 8.89. The van der Waals surface area contributed by atoms with Gasteiger partial charge >= 0.3 is 0 Å². The number of nitrogens with zero attached hydrogens (tertiary/aromatic N) is 2. The summed E-state index contributed by atoms with van der Waals surface area (Å²) in [5.74, 6) is 1.98. The van der Waals surface area contributed by atoms with Crippen molar-refractivity contribution in [1.29, 1.82) is 0 Å². The molecule has 0 saturated heterocycles. The Kier molecular flexibility index (Phi) is 2.96. The summed E-state index contributed by atoms with van der Waals surface area (Å²) in [6, 6.07) is 0. The monoisotopic (exact) mass is 256 g/mol. The van der Waals surface area contributed by atoms with Gasteiger partial charge in [-0.25, -0.2) is 4.98 Å². The fourth-order valence-electron chi connectivity index (χ4n) is 2.27. The molecule has 0 aliphatic heterocycles. The summed E-state index contributed by atoms with van der Waals surface area (Å²) >= 11 is 3.61. The predicted octanol–water partition coefficient (Wildman–Crippen LogP) is 3.22. The Balaban J connectivity index is 2.12. The molecule has 0 N–H and O–H groups in total. The predicted molar refractivity (Wildman–Crippen MR) is 61.3 cm³/mol. The smallest absolute Gasteiger partial charge is 0.108 e. The van der Waals surface area contributed by atoms with Crippen molar-refractivity contribution < 1.29 is 0 Å². The molecule has 1 saturated carbocycles. The molecule has 1 aromatic heterocycles. The van der Waals surface area contributed by atoms with Gasteiger partial charge in [0.25, 0.3) is 0 Å². The number of hydrogen-bond donors (Lipinski definition) is 0. The highest BCUT2D eigenvalue weighted by molar-refractivity contribution is 9.10. The lowest BCUT2D eigenvalue weighted by Gasteiger charge is -2.06. The van der Waals surface area contributed by atoms with Crippen LogP contribution in [0.1, 0.15) is 37.2 Å². The minimum absolute atomic E-state index is 0.876. The summed E-state index contributed by atoms with van der Waals surface area (Å²) in [6.45, 7) is 2.06. The molecule has 2 nitrogen and oxygen atoms in total. The van der Waals surface area contributed by atoms with Crippen molar-refractivity contribution in [3.63, 3.8) is 0 Å². The first kappa shape index (κ1) is 10.2. The van der Waals surface area contributed by atoms with Crippen LogP contribution in [0.3, 0.4) is 0 Å². The van der Waals surface area contributed by atoms with Gasteiger partial charge in [0.2, 0.25) is 0 Å². The van der Waals surface area contributed by atoms with Gasteiger partial charge in [-0.2, -0.15) is 0 Å². The van der Waals surface area contributed by atoms with Crippen LogP contribution in [0.5, 0.6) is 0 Å². The lowest BCUT2D eigenvalue weighted by atomic mass is 10.0. The van der Waals surface area contributed by atoms with E-state index in [-0.39, 0.29) is 0 Å². The quantitative estimate of drug-likeness (QED) is 0.795. The molecule has 3 heteroatoms. The Labute approximate surface area is 93.9 Å². The molecule has 14 heavy (non-hydrogen) atoms. The van der Waals surface area contributed by atoms with Gasteiger partial charge in [-0.05, 0) is 35.2 Å². The summed E-state index contributed by atoms with van der Waals surface area (Å²) in [6.07, 6.45) is 6.76. The second-order valence-corrected chi connectivity index (χ2v) is 5.06. The van der Waals surface area contributed by atoms with Crippen molar-refractivity contribution in [3.05, 3.63) is 16.1 Å². The first-order valence-electron chi connectivity index (χ1n) is 5.36. The Hall–Kier alpha value is -0.310. The van der Waals surface area contributed by atoms with Gasteiger partial charge < -0.3 is 4.57 Å². The highest BCUT2D eigenvalue weighted by Crippen LogP contribution is 2.30. The largest absolute Gasteiger partial charge is 0.326 e. The zero-order valence-corrected chi connectivity index (χ0v) is 10.5. The number of hydrogen-bond acceptors (Lipinski definition) is 1. The molecule has 0 radical (unpaired) electrons. The third-order valence-corrected chi connectivity index (χ3v) is 4.26.